The zero-order chi connectivity index (χ0) is 13.1. The van der Waals surface area contributed by atoms with Crippen LogP contribution in [0.1, 0.15) is 5.56 Å². The lowest BCUT2D eigenvalue weighted by molar-refractivity contribution is 0.448. The molecule has 0 fully saturated rings. The van der Waals surface area contributed by atoms with Crippen molar-refractivity contribution in [3.63, 3.8) is 0 Å². The Morgan fingerprint density at radius 3 is 1.94 bits per heavy atom. The van der Waals surface area contributed by atoms with E-state index in [4.69, 9.17) is 0 Å². The number of halogens is 3. The quantitative estimate of drug-likeness (QED) is 0.823. The number of hydrogen-bond acceptors (Lipinski definition) is 1. The van der Waals surface area contributed by atoms with Crippen molar-refractivity contribution in [3.05, 3.63) is 59.4 Å². The molecule has 0 spiro atoms. The van der Waals surface area contributed by atoms with Crippen molar-refractivity contribution in [2.75, 3.05) is 7.05 Å². The van der Waals surface area contributed by atoms with E-state index < -0.39 is 17.5 Å². The molecule has 2 rings (SSSR count). The van der Waals surface area contributed by atoms with E-state index in [1.54, 1.807) is 12.1 Å². The number of nitrogens with one attached hydrogen (secondary N) is 1. The zero-order valence-electron chi connectivity index (χ0n) is 9.81. The first kappa shape index (κ1) is 12.6. The van der Waals surface area contributed by atoms with Crippen molar-refractivity contribution in [1.82, 2.24) is 5.32 Å². The molecule has 18 heavy (non-hydrogen) atoms. The predicted molar refractivity (Wildman–Crippen MR) is 64.5 cm³/mol. The maximum atomic E-state index is 13.1. The van der Waals surface area contributed by atoms with Gasteiger partial charge in [0.1, 0.15) is 0 Å². The highest BCUT2D eigenvalue weighted by molar-refractivity contribution is 5.63. The highest BCUT2D eigenvalue weighted by Gasteiger charge is 2.11. The topological polar surface area (TPSA) is 12.0 Å². The van der Waals surface area contributed by atoms with Crippen LogP contribution in [0.5, 0.6) is 0 Å². The predicted octanol–water partition coefficient (Wildman–Crippen LogP) is 3.49. The van der Waals surface area contributed by atoms with Crippen LogP contribution in [-0.4, -0.2) is 7.05 Å². The van der Waals surface area contributed by atoms with Gasteiger partial charge in [-0.25, -0.2) is 13.2 Å². The Bertz CT molecular complexity index is 526. The summed E-state index contributed by atoms with van der Waals surface area (Å²) in [6.45, 7) is 0.715. The van der Waals surface area contributed by atoms with Crippen molar-refractivity contribution in [2.24, 2.45) is 0 Å². The van der Waals surface area contributed by atoms with E-state index in [0.29, 0.717) is 17.7 Å². The number of hydrogen-bond donors (Lipinski definition) is 1. The fourth-order valence-corrected chi connectivity index (χ4v) is 1.74. The highest BCUT2D eigenvalue weighted by Crippen LogP contribution is 2.24. The molecule has 94 valence electrons. The average Bonchev–Trinajstić information content (AvgIpc) is 2.37. The van der Waals surface area contributed by atoms with Gasteiger partial charge in [0.2, 0.25) is 0 Å². The smallest absolute Gasteiger partial charge is 0.194 e. The maximum Gasteiger partial charge on any atom is 0.194 e. The Labute approximate surface area is 103 Å². The summed E-state index contributed by atoms with van der Waals surface area (Å²) in [5, 5.41) is 3.00. The summed E-state index contributed by atoms with van der Waals surface area (Å²) >= 11 is 0. The molecule has 0 aliphatic heterocycles. The molecule has 4 heteroatoms. The van der Waals surface area contributed by atoms with Crippen LogP contribution in [0, 0.1) is 17.5 Å². The molecule has 0 radical (unpaired) electrons. The maximum absolute atomic E-state index is 13.1. The Morgan fingerprint density at radius 1 is 0.889 bits per heavy atom. The fraction of sp³-hybridized carbons (Fsp3) is 0.143. The molecule has 0 aliphatic carbocycles. The minimum atomic E-state index is -1.44. The summed E-state index contributed by atoms with van der Waals surface area (Å²) in [5.41, 5.74) is 2.03. The van der Waals surface area contributed by atoms with E-state index >= 15 is 0 Å². The molecular formula is C14H12F3N. The van der Waals surface area contributed by atoms with Crippen LogP contribution in [0.4, 0.5) is 13.2 Å². The van der Waals surface area contributed by atoms with Crippen LogP contribution >= 0.6 is 0 Å². The normalized spacial score (nSPS) is 10.7. The second kappa shape index (κ2) is 5.23. The lowest BCUT2D eigenvalue weighted by Crippen LogP contribution is -2.04. The minimum absolute atomic E-state index is 0.322. The van der Waals surface area contributed by atoms with E-state index in [2.05, 4.69) is 5.32 Å². The van der Waals surface area contributed by atoms with Gasteiger partial charge in [0, 0.05) is 6.54 Å². The molecule has 1 N–H and O–H groups in total. The van der Waals surface area contributed by atoms with Gasteiger partial charge in [-0.3, -0.25) is 0 Å². The second-order valence-corrected chi connectivity index (χ2v) is 3.98. The first-order chi connectivity index (χ1) is 8.61. The van der Waals surface area contributed by atoms with Gasteiger partial charge in [-0.2, -0.15) is 0 Å². The van der Waals surface area contributed by atoms with Gasteiger partial charge in [0.25, 0.3) is 0 Å². The fourth-order valence-electron chi connectivity index (χ4n) is 1.74. The largest absolute Gasteiger partial charge is 0.316 e. The van der Waals surface area contributed by atoms with Crippen molar-refractivity contribution >= 4 is 0 Å². The lowest BCUT2D eigenvalue weighted by Gasteiger charge is -2.05. The molecule has 0 amide bonds. The summed E-state index contributed by atoms with van der Waals surface area (Å²) in [6, 6.07) is 9.19. The highest BCUT2D eigenvalue weighted by atomic mass is 19.2. The Balaban J connectivity index is 2.36. The summed E-state index contributed by atoms with van der Waals surface area (Å²) < 4.78 is 39.0. The summed E-state index contributed by atoms with van der Waals surface area (Å²) in [5.74, 6) is -3.79. The van der Waals surface area contributed by atoms with Crippen molar-refractivity contribution in [3.8, 4) is 11.1 Å². The van der Waals surface area contributed by atoms with Crippen molar-refractivity contribution < 1.29 is 13.2 Å². The lowest BCUT2D eigenvalue weighted by atomic mass is 10.0. The Kier molecular flexibility index (Phi) is 3.67. The number of benzene rings is 2. The average molecular weight is 251 g/mol. The first-order valence-corrected chi connectivity index (χ1v) is 5.50. The molecule has 0 unspecified atom stereocenters. The van der Waals surface area contributed by atoms with E-state index in [0.717, 1.165) is 17.7 Å². The van der Waals surface area contributed by atoms with Gasteiger partial charge in [-0.05, 0) is 35.9 Å². The van der Waals surface area contributed by atoms with E-state index in [1.807, 2.05) is 19.2 Å². The van der Waals surface area contributed by atoms with E-state index in [-0.39, 0.29) is 0 Å². The van der Waals surface area contributed by atoms with Crippen LogP contribution in [-0.2, 0) is 6.54 Å². The molecule has 0 heterocycles. The molecule has 0 atom stereocenters. The Morgan fingerprint density at radius 2 is 1.44 bits per heavy atom. The first-order valence-electron chi connectivity index (χ1n) is 5.50. The second-order valence-electron chi connectivity index (χ2n) is 3.98. The van der Waals surface area contributed by atoms with Gasteiger partial charge >= 0.3 is 0 Å². The summed E-state index contributed by atoms with van der Waals surface area (Å²) in [7, 11) is 1.83. The number of rotatable bonds is 3. The van der Waals surface area contributed by atoms with Crippen molar-refractivity contribution in [2.45, 2.75) is 6.54 Å². The Hall–Kier alpha value is -1.81. The van der Waals surface area contributed by atoms with E-state index in [9.17, 15) is 13.2 Å². The van der Waals surface area contributed by atoms with Crippen LogP contribution in [0.25, 0.3) is 11.1 Å². The molecular weight excluding hydrogens is 239 g/mol. The monoisotopic (exact) mass is 251 g/mol. The van der Waals surface area contributed by atoms with Gasteiger partial charge < -0.3 is 5.32 Å². The third-order valence-electron chi connectivity index (χ3n) is 2.65. The molecule has 0 saturated carbocycles. The van der Waals surface area contributed by atoms with Crippen LogP contribution in [0.3, 0.4) is 0 Å². The standard InChI is InChI=1S/C14H12F3N/c1-18-8-9-2-4-10(5-3-9)11-6-12(15)14(17)13(16)7-11/h2-7,18H,8H2,1H3. The van der Waals surface area contributed by atoms with Gasteiger partial charge in [-0.1, -0.05) is 24.3 Å². The van der Waals surface area contributed by atoms with Crippen LogP contribution < -0.4 is 5.32 Å². The molecule has 0 aliphatic rings. The van der Waals surface area contributed by atoms with Gasteiger partial charge in [0.15, 0.2) is 17.5 Å². The van der Waals surface area contributed by atoms with Gasteiger partial charge in [-0.15, -0.1) is 0 Å². The zero-order valence-corrected chi connectivity index (χ0v) is 9.81. The summed E-state index contributed by atoms with van der Waals surface area (Å²) in [4.78, 5) is 0. The third kappa shape index (κ3) is 2.54. The molecule has 2 aromatic rings. The SMILES string of the molecule is CNCc1ccc(-c2cc(F)c(F)c(F)c2)cc1. The molecule has 2 aromatic carbocycles. The molecule has 0 aromatic heterocycles. The molecule has 1 nitrogen and oxygen atoms in total. The van der Waals surface area contributed by atoms with Crippen LogP contribution in [0.15, 0.2) is 36.4 Å². The third-order valence-corrected chi connectivity index (χ3v) is 2.65. The van der Waals surface area contributed by atoms with Crippen LogP contribution in [0.2, 0.25) is 0 Å². The minimum Gasteiger partial charge on any atom is -0.316 e. The summed E-state index contributed by atoms with van der Waals surface area (Å²) in [6.07, 6.45) is 0. The van der Waals surface area contributed by atoms with Gasteiger partial charge in [0.05, 0.1) is 0 Å². The van der Waals surface area contributed by atoms with E-state index in [1.165, 1.54) is 0 Å². The molecule has 0 saturated heterocycles. The molecule has 0 bridgehead atoms. The van der Waals surface area contributed by atoms with Crippen molar-refractivity contribution in [1.29, 1.82) is 0 Å².